The van der Waals surface area contributed by atoms with Crippen molar-refractivity contribution in [1.82, 2.24) is 8.61 Å². The number of nitrogens with zero attached hydrogens (tertiary/aromatic N) is 2. The molecule has 2 aromatic carbocycles. The predicted octanol–water partition coefficient (Wildman–Crippen LogP) is 3.45. The molecule has 1 aliphatic rings. The summed E-state index contributed by atoms with van der Waals surface area (Å²) in [5, 5.41) is 0.332. The lowest BCUT2D eigenvalue weighted by Gasteiger charge is -2.33. The Morgan fingerprint density at radius 2 is 1.30 bits per heavy atom. The molecular formula is C16H15BrCl2N2O4S2. The molecule has 0 saturated carbocycles. The molecule has 0 N–H and O–H groups in total. The quantitative estimate of drug-likeness (QED) is 0.627. The van der Waals surface area contributed by atoms with Crippen molar-refractivity contribution >= 4 is 59.2 Å². The maximum atomic E-state index is 12.8. The molecule has 1 aliphatic heterocycles. The molecular weight excluding hydrogens is 499 g/mol. The number of halogens is 3. The highest BCUT2D eigenvalue weighted by Gasteiger charge is 2.34. The van der Waals surface area contributed by atoms with Crippen molar-refractivity contribution in [3.05, 3.63) is 57.0 Å². The van der Waals surface area contributed by atoms with Crippen LogP contribution in [0.25, 0.3) is 0 Å². The molecule has 11 heteroatoms. The van der Waals surface area contributed by atoms with Crippen LogP contribution in [-0.2, 0) is 20.0 Å². The predicted molar refractivity (Wildman–Crippen MR) is 108 cm³/mol. The summed E-state index contributed by atoms with van der Waals surface area (Å²) in [6.45, 7) is 0.160. The zero-order chi connectivity index (χ0) is 19.8. The average Bonchev–Trinajstić information content (AvgIpc) is 2.64. The van der Waals surface area contributed by atoms with Gasteiger partial charge in [0, 0.05) is 35.7 Å². The van der Waals surface area contributed by atoms with Gasteiger partial charge in [0.2, 0.25) is 20.0 Å². The van der Waals surface area contributed by atoms with Crippen LogP contribution < -0.4 is 0 Å². The van der Waals surface area contributed by atoms with Gasteiger partial charge < -0.3 is 0 Å². The monoisotopic (exact) mass is 512 g/mol. The summed E-state index contributed by atoms with van der Waals surface area (Å²) in [4.78, 5) is 0.0841. The van der Waals surface area contributed by atoms with Crippen LogP contribution in [0, 0.1) is 0 Å². The minimum atomic E-state index is -3.87. The van der Waals surface area contributed by atoms with E-state index >= 15 is 0 Å². The van der Waals surface area contributed by atoms with Gasteiger partial charge in [-0.15, -0.1) is 0 Å². The average molecular weight is 514 g/mol. The summed E-state index contributed by atoms with van der Waals surface area (Å²) < 4.78 is 54.4. The van der Waals surface area contributed by atoms with E-state index in [4.69, 9.17) is 23.2 Å². The highest BCUT2D eigenvalue weighted by atomic mass is 79.9. The molecule has 27 heavy (non-hydrogen) atoms. The van der Waals surface area contributed by atoms with Crippen LogP contribution in [0.4, 0.5) is 0 Å². The largest absolute Gasteiger partial charge is 0.244 e. The summed E-state index contributed by atoms with van der Waals surface area (Å²) in [5.41, 5.74) is 0. The maximum Gasteiger partial charge on any atom is 0.244 e. The third-order valence-electron chi connectivity index (χ3n) is 4.16. The zero-order valence-electron chi connectivity index (χ0n) is 13.8. The Hall–Kier alpha value is -0.680. The van der Waals surface area contributed by atoms with Crippen molar-refractivity contribution in [2.75, 3.05) is 26.2 Å². The van der Waals surface area contributed by atoms with Crippen LogP contribution in [0.2, 0.25) is 10.0 Å². The molecule has 0 aromatic heterocycles. The molecule has 6 nitrogen and oxygen atoms in total. The Labute approximate surface area is 176 Å². The second-order valence-corrected chi connectivity index (χ2v) is 11.4. The van der Waals surface area contributed by atoms with Crippen LogP contribution in [0.15, 0.2) is 56.7 Å². The van der Waals surface area contributed by atoms with Crippen LogP contribution >= 0.6 is 39.1 Å². The van der Waals surface area contributed by atoms with Crippen LogP contribution in [0.1, 0.15) is 0 Å². The van der Waals surface area contributed by atoms with Gasteiger partial charge in [-0.3, -0.25) is 0 Å². The Morgan fingerprint density at radius 1 is 0.778 bits per heavy atom. The van der Waals surface area contributed by atoms with Gasteiger partial charge in [0.25, 0.3) is 0 Å². The summed E-state index contributed by atoms with van der Waals surface area (Å²) in [7, 11) is -7.55. The standard InChI is InChI=1S/C16H15BrCl2N2O4S2/c17-12-1-4-14(5-2-12)26(22,23)20-7-9-21(10-8-20)27(24,25)16-11-13(18)3-6-15(16)19/h1-6,11H,7-10H2. The van der Waals surface area contributed by atoms with Crippen LogP contribution in [0.5, 0.6) is 0 Å². The van der Waals surface area contributed by atoms with Gasteiger partial charge in [-0.25, -0.2) is 16.8 Å². The first kappa shape index (κ1) is 21.0. The Bertz CT molecular complexity index is 1050. The minimum Gasteiger partial charge on any atom is -0.207 e. The van der Waals surface area contributed by atoms with E-state index in [0.29, 0.717) is 0 Å². The molecule has 2 aromatic rings. The molecule has 0 atom stereocenters. The summed E-state index contributed by atoms with van der Waals surface area (Å²) in [6.07, 6.45) is 0. The lowest BCUT2D eigenvalue weighted by Crippen LogP contribution is -2.50. The third-order valence-corrected chi connectivity index (χ3v) is 9.22. The van der Waals surface area contributed by atoms with Crippen molar-refractivity contribution in [2.24, 2.45) is 0 Å². The van der Waals surface area contributed by atoms with Crippen molar-refractivity contribution < 1.29 is 16.8 Å². The molecule has 3 rings (SSSR count). The second-order valence-electron chi connectivity index (χ2n) is 5.84. The highest BCUT2D eigenvalue weighted by Crippen LogP contribution is 2.29. The number of benzene rings is 2. The van der Waals surface area contributed by atoms with Gasteiger partial charge in [0.1, 0.15) is 4.90 Å². The number of hydrogen-bond donors (Lipinski definition) is 0. The Morgan fingerprint density at radius 3 is 1.85 bits per heavy atom. The Kier molecular flexibility index (Phi) is 6.22. The number of hydrogen-bond acceptors (Lipinski definition) is 4. The van der Waals surface area contributed by atoms with Gasteiger partial charge in [0.15, 0.2) is 0 Å². The van der Waals surface area contributed by atoms with Gasteiger partial charge in [-0.05, 0) is 42.5 Å². The van der Waals surface area contributed by atoms with Gasteiger partial charge >= 0.3 is 0 Å². The first-order chi connectivity index (χ1) is 12.6. The van der Waals surface area contributed by atoms with E-state index in [-0.39, 0.29) is 46.0 Å². The fourth-order valence-corrected chi connectivity index (χ4v) is 6.57. The van der Waals surface area contributed by atoms with E-state index < -0.39 is 20.0 Å². The molecule has 1 fully saturated rings. The smallest absolute Gasteiger partial charge is 0.207 e. The highest BCUT2D eigenvalue weighted by molar-refractivity contribution is 9.10. The molecule has 0 amide bonds. The SMILES string of the molecule is O=S(=O)(c1ccc(Br)cc1)N1CCN(S(=O)(=O)c2cc(Cl)ccc2Cl)CC1. The molecule has 0 bridgehead atoms. The van der Waals surface area contributed by atoms with Crippen LogP contribution in [0.3, 0.4) is 0 Å². The first-order valence-corrected chi connectivity index (χ1v) is 12.3. The van der Waals surface area contributed by atoms with E-state index in [9.17, 15) is 16.8 Å². The first-order valence-electron chi connectivity index (χ1n) is 7.83. The molecule has 0 radical (unpaired) electrons. The van der Waals surface area contributed by atoms with Crippen molar-refractivity contribution in [3.63, 3.8) is 0 Å². The van der Waals surface area contributed by atoms with Crippen molar-refractivity contribution in [2.45, 2.75) is 9.79 Å². The summed E-state index contributed by atoms with van der Waals surface area (Å²) in [6, 6.07) is 10.5. The fourth-order valence-electron chi connectivity index (χ4n) is 2.72. The molecule has 1 heterocycles. The Balaban J connectivity index is 1.78. The zero-order valence-corrected chi connectivity index (χ0v) is 18.6. The lowest BCUT2D eigenvalue weighted by atomic mass is 10.4. The topological polar surface area (TPSA) is 74.8 Å². The second kappa shape index (κ2) is 7.98. The van der Waals surface area contributed by atoms with E-state index in [1.165, 1.54) is 38.9 Å². The van der Waals surface area contributed by atoms with E-state index in [1.54, 1.807) is 12.1 Å². The van der Waals surface area contributed by atoms with Gasteiger partial charge in [-0.2, -0.15) is 8.61 Å². The summed E-state index contributed by atoms with van der Waals surface area (Å²) in [5.74, 6) is 0. The molecule has 0 unspecified atom stereocenters. The van der Waals surface area contributed by atoms with E-state index in [2.05, 4.69) is 15.9 Å². The lowest BCUT2D eigenvalue weighted by molar-refractivity contribution is 0.273. The van der Waals surface area contributed by atoms with E-state index in [0.717, 1.165) is 4.47 Å². The normalized spacial score (nSPS) is 17.1. The molecule has 1 saturated heterocycles. The number of rotatable bonds is 4. The molecule has 0 aliphatic carbocycles. The number of sulfonamides is 2. The fraction of sp³-hybridized carbons (Fsp3) is 0.250. The minimum absolute atomic E-state index is 0.0287. The van der Waals surface area contributed by atoms with Crippen LogP contribution in [-0.4, -0.2) is 51.6 Å². The maximum absolute atomic E-state index is 12.8. The van der Waals surface area contributed by atoms with Crippen molar-refractivity contribution in [1.29, 1.82) is 0 Å². The van der Waals surface area contributed by atoms with E-state index in [1.807, 2.05) is 0 Å². The van der Waals surface area contributed by atoms with Gasteiger partial charge in [0.05, 0.1) is 9.92 Å². The molecule has 0 spiro atoms. The van der Waals surface area contributed by atoms with Crippen molar-refractivity contribution in [3.8, 4) is 0 Å². The van der Waals surface area contributed by atoms with Gasteiger partial charge in [-0.1, -0.05) is 39.1 Å². The molecule has 146 valence electrons. The third kappa shape index (κ3) is 4.34. The number of piperazine rings is 1. The summed E-state index contributed by atoms with van der Waals surface area (Å²) >= 11 is 15.2.